The molecule has 0 spiro atoms. The lowest BCUT2D eigenvalue weighted by molar-refractivity contribution is -0.138. The molecule has 0 aromatic heterocycles. The van der Waals surface area contributed by atoms with Gasteiger partial charge < -0.3 is 10.4 Å². The Bertz CT molecular complexity index is 466. The molecule has 0 aliphatic carbocycles. The fraction of sp³-hybridized carbons (Fsp3) is 0.333. The summed E-state index contributed by atoms with van der Waals surface area (Å²) in [6, 6.07) is 4.46. The summed E-state index contributed by atoms with van der Waals surface area (Å²) in [7, 11) is 0. The molecule has 0 aliphatic heterocycles. The monoisotopic (exact) mass is 289 g/mol. The van der Waals surface area contributed by atoms with Crippen LogP contribution in [0.1, 0.15) is 30.6 Å². The van der Waals surface area contributed by atoms with Crippen molar-refractivity contribution in [1.82, 2.24) is 5.32 Å². The maximum Gasteiger partial charge on any atom is 0.305 e. The lowest BCUT2D eigenvalue weighted by atomic mass is 10.00. The maximum atomic E-state index is 11.9. The fourth-order valence-electron chi connectivity index (χ4n) is 1.49. The smallest absolute Gasteiger partial charge is 0.305 e. The first kappa shape index (κ1) is 14.8. The molecular weight excluding hydrogens is 277 g/mol. The molecule has 0 bridgehead atoms. The first-order valence-corrected chi connectivity index (χ1v) is 5.95. The Hall–Kier alpha value is -1.26. The van der Waals surface area contributed by atoms with Crippen molar-refractivity contribution in [3.05, 3.63) is 33.8 Å². The molecule has 0 heterocycles. The number of amides is 1. The third kappa shape index (κ3) is 4.55. The standard InChI is InChI=1S/C12H13Cl2NO3/c1-12(2,6-10(16)17)15-11(18)7-3-8(13)5-9(14)4-7/h3-5H,6H2,1-2H3,(H,15,18)(H,16,17). The van der Waals surface area contributed by atoms with Gasteiger partial charge in [0.1, 0.15) is 0 Å². The largest absolute Gasteiger partial charge is 0.481 e. The van der Waals surface area contributed by atoms with E-state index in [2.05, 4.69) is 5.32 Å². The number of benzene rings is 1. The number of nitrogens with one attached hydrogen (secondary N) is 1. The van der Waals surface area contributed by atoms with Gasteiger partial charge in [0.15, 0.2) is 0 Å². The van der Waals surface area contributed by atoms with E-state index in [1.807, 2.05) is 0 Å². The highest BCUT2D eigenvalue weighted by atomic mass is 35.5. The van der Waals surface area contributed by atoms with Crippen LogP contribution >= 0.6 is 23.2 Å². The van der Waals surface area contributed by atoms with E-state index in [-0.39, 0.29) is 6.42 Å². The predicted octanol–water partition coefficient (Wildman–Crippen LogP) is 2.98. The van der Waals surface area contributed by atoms with E-state index in [0.717, 1.165) is 0 Å². The number of carboxylic acids is 1. The Morgan fingerprint density at radius 1 is 1.22 bits per heavy atom. The zero-order chi connectivity index (χ0) is 13.9. The van der Waals surface area contributed by atoms with Crippen LogP contribution in [-0.2, 0) is 4.79 Å². The number of rotatable bonds is 4. The van der Waals surface area contributed by atoms with Crippen LogP contribution in [0, 0.1) is 0 Å². The number of hydrogen-bond donors (Lipinski definition) is 2. The van der Waals surface area contributed by atoms with Crippen molar-refractivity contribution in [3.8, 4) is 0 Å². The zero-order valence-electron chi connectivity index (χ0n) is 9.96. The fourth-order valence-corrected chi connectivity index (χ4v) is 2.01. The molecule has 0 atom stereocenters. The van der Waals surface area contributed by atoms with E-state index in [1.165, 1.54) is 18.2 Å². The predicted molar refractivity (Wildman–Crippen MR) is 70.3 cm³/mol. The van der Waals surface area contributed by atoms with Gasteiger partial charge in [-0.15, -0.1) is 0 Å². The Morgan fingerprint density at radius 2 is 1.72 bits per heavy atom. The van der Waals surface area contributed by atoms with E-state index in [4.69, 9.17) is 28.3 Å². The molecule has 0 aliphatic rings. The molecule has 1 amide bonds. The molecule has 1 rings (SSSR count). The normalized spacial score (nSPS) is 11.1. The van der Waals surface area contributed by atoms with Crippen molar-refractivity contribution in [2.24, 2.45) is 0 Å². The minimum absolute atomic E-state index is 0.174. The molecule has 0 unspecified atom stereocenters. The summed E-state index contributed by atoms with van der Waals surface area (Å²) in [5.41, 5.74) is -0.552. The van der Waals surface area contributed by atoms with Gasteiger partial charge in [-0.1, -0.05) is 23.2 Å². The summed E-state index contributed by atoms with van der Waals surface area (Å²) in [6.45, 7) is 3.26. The van der Waals surface area contributed by atoms with Gasteiger partial charge >= 0.3 is 5.97 Å². The first-order chi connectivity index (χ1) is 8.19. The highest BCUT2D eigenvalue weighted by Crippen LogP contribution is 2.20. The van der Waals surface area contributed by atoms with Crippen LogP contribution in [0.5, 0.6) is 0 Å². The van der Waals surface area contributed by atoms with E-state index in [9.17, 15) is 9.59 Å². The second-order valence-corrected chi connectivity index (χ2v) is 5.44. The summed E-state index contributed by atoms with van der Waals surface area (Å²) in [5.74, 6) is -1.39. The number of carboxylic acid groups (broad SMARTS) is 1. The topological polar surface area (TPSA) is 66.4 Å². The maximum absolute atomic E-state index is 11.9. The zero-order valence-corrected chi connectivity index (χ0v) is 11.5. The average Bonchev–Trinajstić information content (AvgIpc) is 2.12. The Morgan fingerprint density at radius 3 is 2.17 bits per heavy atom. The molecule has 0 radical (unpaired) electrons. The Labute approximate surface area is 115 Å². The van der Waals surface area contributed by atoms with Gasteiger partial charge in [0.05, 0.1) is 6.42 Å². The van der Waals surface area contributed by atoms with Gasteiger partial charge in [-0.2, -0.15) is 0 Å². The number of hydrogen-bond acceptors (Lipinski definition) is 2. The molecule has 1 aromatic rings. The van der Waals surface area contributed by atoms with E-state index < -0.39 is 17.4 Å². The highest BCUT2D eigenvalue weighted by molar-refractivity contribution is 6.35. The van der Waals surface area contributed by atoms with Crippen molar-refractivity contribution in [3.63, 3.8) is 0 Å². The summed E-state index contributed by atoms with van der Waals surface area (Å²) in [5, 5.41) is 12.0. The van der Waals surface area contributed by atoms with Gasteiger partial charge in [0.25, 0.3) is 5.91 Å². The Kier molecular flexibility index (Phi) is 4.59. The molecule has 0 fully saturated rings. The van der Waals surface area contributed by atoms with E-state index in [1.54, 1.807) is 13.8 Å². The Balaban J connectivity index is 2.85. The van der Waals surface area contributed by atoms with Gasteiger partial charge in [-0.3, -0.25) is 9.59 Å². The third-order valence-electron chi connectivity index (χ3n) is 2.17. The van der Waals surface area contributed by atoms with Crippen LogP contribution in [0.15, 0.2) is 18.2 Å². The van der Waals surface area contributed by atoms with Crippen LogP contribution in [0.4, 0.5) is 0 Å². The van der Waals surface area contributed by atoms with E-state index in [0.29, 0.717) is 15.6 Å². The summed E-state index contributed by atoms with van der Waals surface area (Å²) < 4.78 is 0. The summed E-state index contributed by atoms with van der Waals surface area (Å²) in [4.78, 5) is 22.6. The number of carbonyl (C=O) groups is 2. The van der Waals surface area contributed by atoms with Gasteiger partial charge in [0.2, 0.25) is 0 Å². The van der Waals surface area contributed by atoms with Crippen LogP contribution < -0.4 is 5.32 Å². The summed E-state index contributed by atoms with van der Waals surface area (Å²) in [6.07, 6.45) is -0.174. The highest BCUT2D eigenvalue weighted by Gasteiger charge is 2.24. The van der Waals surface area contributed by atoms with Gasteiger partial charge in [-0.25, -0.2) is 0 Å². The SMILES string of the molecule is CC(C)(CC(=O)O)NC(=O)c1cc(Cl)cc(Cl)c1. The van der Waals surface area contributed by atoms with E-state index >= 15 is 0 Å². The molecule has 0 saturated heterocycles. The quantitative estimate of drug-likeness (QED) is 0.895. The molecular formula is C12H13Cl2NO3. The van der Waals surface area contributed by atoms with Crippen molar-refractivity contribution < 1.29 is 14.7 Å². The third-order valence-corrected chi connectivity index (χ3v) is 2.61. The second-order valence-electron chi connectivity index (χ2n) is 4.57. The molecule has 18 heavy (non-hydrogen) atoms. The van der Waals surface area contributed by atoms with Crippen molar-refractivity contribution in [1.29, 1.82) is 0 Å². The van der Waals surface area contributed by atoms with Crippen LogP contribution in [0.25, 0.3) is 0 Å². The number of halogens is 2. The lowest BCUT2D eigenvalue weighted by Crippen LogP contribution is -2.44. The minimum Gasteiger partial charge on any atom is -0.481 e. The van der Waals surface area contributed by atoms with Crippen LogP contribution in [0.2, 0.25) is 10.0 Å². The molecule has 2 N–H and O–H groups in total. The molecule has 6 heteroatoms. The van der Waals surface area contributed by atoms with Gasteiger partial charge in [0, 0.05) is 21.1 Å². The molecule has 1 aromatic carbocycles. The second kappa shape index (κ2) is 5.59. The van der Waals surface area contributed by atoms with Gasteiger partial charge in [-0.05, 0) is 32.0 Å². The average molecular weight is 290 g/mol. The van der Waals surface area contributed by atoms with Crippen molar-refractivity contribution in [2.45, 2.75) is 25.8 Å². The minimum atomic E-state index is -0.982. The number of carbonyl (C=O) groups excluding carboxylic acids is 1. The van der Waals surface area contributed by atoms with Crippen molar-refractivity contribution >= 4 is 35.1 Å². The van der Waals surface area contributed by atoms with Crippen molar-refractivity contribution in [2.75, 3.05) is 0 Å². The molecule has 0 saturated carbocycles. The number of aliphatic carboxylic acids is 1. The van der Waals surface area contributed by atoms with Crippen LogP contribution in [0.3, 0.4) is 0 Å². The summed E-state index contributed by atoms with van der Waals surface area (Å²) >= 11 is 11.6. The molecule has 4 nitrogen and oxygen atoms in total. The first-order valence-electron chi connectivity index (χ1n) is 5.20. The molecule has 98 valence electrons. The lowest BCUT2D eigenvalue weighted by Gasteiger charge is -2.24. The van der Waals surface area contributed by atoms with Crippen LogP contribution in [-0.4, -0.2) is 22.5 Å².